The maximum atomic E-state index is 5.84. The van der Waals surface area contributed by atoms with Crippen molar-refractivity contribution in [2.45, 2.75) is 12.8 Å². The van der Waals surface area contributed by atoms with Crippen molar-refractivity contribution in [3.05, 3.63) is 52.4 Å². The van der Waals surface area contributed by atoms with Crippen molar-refractivity contribution in [3.8, 4) is 0 Å². The molecule has 4 heteroatoms. The topological polar surface area (TPSA) is 26.0 Å². The zero-order valence-corrected chi connectivity index (χ0v) is 11.5. The minimum absolute atomic E-state index is 0.761. The average molecular weight is 348 g/mol. The highest BCUT2D eigenvalue weighted by atomic mass is 127. The molecule has 0 radical (unpaired) electrons. The smallest absolute Gasteiger partial charge is 0.127 e. The molecule has 0 aliphatic heterocycles. The summed E-state index contributed by atoms with van der Waals surface area (Å²) < 4.78 is 6.09. The van der Waals surface area contributed by atoms with Crippen LogP contribution in [0.3, 0.4) is 0 Å². The third-order valence-electron chi connectivity index (χ3n) is 2.38. The molecule has 1 aromatic heterocycles. The van der Waals surface area contributed by atoms with Crippen LogP contribution in [0.25, 0.3) is 0 Å². The zero-order chi connectivity index (χ0) is 11.4. The van der Waals surface area contributed by atoms with Gasteiger partial charge in [-0.15, -0.1) is 0 Å². The molecule has 0 aliphatic carbocycles. The van der Waals surface area contributed by atoms with E-state index < -0.39 is 0 Å². The summed E-state index contributed by atoms with van der Waals surface area (Å²) in [6, 6.07) is 7.83. The minimum Gasteiger partial charge on any atom is -0.364 e. The van der Waals surface area contributed by atoms with Gasteiger partial charge in [0.05, 0.1) is 5.69 Å². The van der Waals surface area contributed by atoms with Gasteiger partial charge in [-0.05, 0) is 24.1 Å². The van der Waals surface area contributed by atoms with Crippen molar-refractivity contribution in [1.82, 2.24) is 5.16 Å². The number of nitrogens with zero attached hydrogens (tertiary/aromatic N) is 1. The molecule has 0 N–H and O–H groups in total. The first-order chi connectivity index (χ1) is 7.79. The van der Waals surface area contributed by atoms with Crippen molar-refractivity contribution in [2.24, 2.45) is 0 Å². The van der Waals surface area contributed by atoms with Crippen LogP contribution < -0.4 is 0 Å². The number of rotatable bonds is 4. The average Bonchev–Trinajstić information content (AvgIpc) is 2.70. The van der Waals surface area contributed by atoms with Crippen LogP contribution in [-0.4, -0.2) is 9.58 Å². The van der Waals surface area contributed by atoms with Gasteiger partial charge in [0.1, 0.15) is 6.26 Å². The Balaban J connectivity index is 2.13. The lowest BCUT2D eigenvalue weighted by molar-refractivity contribution is 0.412. The summed E-state index contributed by atoms with van der Waals surface area (Å²) in [6.45, 7) is 0. The first-order valence-electron chi connectivity index (χ1n) is 5.02. The van der Waals surface area contributed by atoms with Crippen molar-refractivity contribution in [3.63, 3.8) is 0 Å². The summed E-state index contributed by atoms with van der Waals surface area (Å²) in [5, 5.41) is 4.80. The predicted molar refractivity (Wildman–Crippen MR) is 73.4 cm³/mol. The van der Waals surface area contributed by atoms with Crippen LogP contribution in [0, 0.1) is 0 Å². The molecule has 0 aliphatic rings. The number of halogens is 2. The summed E-state index contributed by atoms with van der Waals surface area (Å²) in [5.74, 6) is 0. The molecule has 0 fully saturated rings. The van der Waals surface area contributed by atoms with Crippen LogP contribution in [0.4, 0.5) is 0 Å². The molecule has 0 spiro atoms. The molecular weight excluding hydrogens is 336 g/mol. The van der Waals surface area contributed by atoms with Gasteiger partial charge in [0.15, 0.2) is 0 Å². The number of aryl methyl sites for hydroxylation is 1. The van der Waals surface area contributed by atoms with Gasteiger partial charge in [-0.25, -0.2) is 0 Å². The highest BCUT2D eigenvalue weighted by Crippen LogP contribution is 2.16. The largest absolute Gasteiger partial charge is 0.364 e. The van der Waals surface area contributed by atoms with E-state index in [1.807, 2.05) is 24.3 Å². The number of aromatic nitrogens is 1. The molecule has 0 atom stereocenters. The Hall–Kier alpha value is -0.550. The molecule has 0 unspecified atom stereocenters. The van der Waals surface area contributed by atoms with Crippen molar-refractivity contribution < 1.29 is 4.52 Å². The molecule has 16 heavy (non-hydrogen) atoms. The highest BCUT2D eigenvalue weighted by molar-refractivity contribution is 14.1. The van der Waals surface area contributed by atoms with E-state index >= 15 is 0 Å². The van der Waals surface area contributed by atoms with Crippen LogP contribution in [0.1, 0.15) is 16.8 Å². The Labute approximate surface area is 113 Å². The van der Waals surface area contributed by atoms with Crippen molar-refractivity contribution in [1.29, 1.82) is 0 Å². The Morgan fingerprint density at radius 1 is 1.25 bits per heavy atom. The summed E-state index contributed by atoms with van der Waals surface area (Å²) in [7, 11) is 0. The summed E-state index contributed by atoms with van der Waals surface area (Å²) in [6.07, 6.45) is 3.55. The Kier molecular flexibility index (Phi) is 4.23. The van der Waals surface area contributed by atoms with Crippen LogP contribution in [-0.2, 0) is 12.8 Å². The van der Waals surface area contributed by atoms with E-state index in [9.17, 15) is 0 Å². The molecule has 84 valence electrons. The van der Waals surface area contributed by atoms with Gasteiger partial charge in [0.25, 0.3) is 0 Å². The standard InChI is InChI=1S/C12H11ClINO/c13-11-3-1-9(2-4-11)7-12-10(5-6-14)8-16-15-12/h1-4,8H,5-7H2. The third-order valence-corrected chi connectivity index (χ3v) is 3.17. The van der Waals surface area contributed by atoms with E-state index in [1.165, 1.54) is 11.1 Å². The van der Waals surface area contributed by atoms with Gasteiger partial charge in [-0.3, -0.25) is 0 Å². The molecule has 2 aromatic rings. The molecule has 2 nitrogen and oxygen atoms in total. The summed E-state index contributed by atoms with van der Waals surface area (Å²) >= 11 is 8.19. The fourth-order valence-electron chi connectivity index (χ4n) is 1.53. The second-order valence-corrected chi connectivity index (χ2v) is 5.04. The minimum atomic E-state index is 0.761. The predicted octanol–water partition coefficient (Wildman–Crippen LogP) is 3.90. The van der Waals surface area contributed by atoms with Crippen LogP contribution in [0.2, 0.25) is 5.02 Å². The lowest BCUT2D eigenvalue weighted by Gasteiger charge is -2.00. The summed E-state index contributed by atoms with van der Waals surface area (Å²) in [5.41, 5.74) is 3.43. The maximum absolute atomic E-state index is 5.84. The monoisotopic (exact) mass is 347 g/mol. The van der Waals surface area contributed by atoms with Crippen LogP contribution in [0.15, 0.2) is 35.1 Å². The quantitative estimate of drug-likeness (QED) is 0.619. The number of hydrogen-bond donors (Lipinski definition) is 0. The molecule has 1 heterocycles. The van der Waals surface area contributed by atoms with E-state index in [0.29, 0.717) is 0 Å². The molecule has 0 saturated carbocycles. The molecule has 2 rings (SSSR count). The van der Waals surface area contributed by atoms with Gasteiger partial charge in [-0.2, -0.15) is 0 Å². The first kappa shape index (κ1) is 11.9. The Bertz CT molecular complexity index is 452. The third kappa shape index (κ3) is 2.98. The fraction of sp³-hybridized carbons (Fsp3) is 0.250. The van der Waals surface area contributed by atoms with Crippen LogP contribution >= 0.6 is 34.2 Å². The highest BCUT2D eigenvalue weighted by Gasteiger charge is 2.07. The second-order valence-electron chi connectivity index (χ2n) is 3.53. The first-order valence-corrected chi connectivity index (χ1v) is 6.92. The van der Waals surface area contributed by atoms with E-state index in [4.69, 9.17) is 16.1 Å². The van der Waals surface area contributed by atoms with Gasteiger partial charge in [-0.1, -0.05) is 51.5 Å². The van der Waals surface area contributed by atoms with Gasteiger partial charge in [0.2, 0.25) is 0 Å². The Morgan fingerprint density at radius 3 is 2.69 bits per heavy atom. The van der Waals surface area contributed by atoms with Gasteiger partial charge >= 0.3 is 0 Å². The lowest BCUT2D eigenvalue weighted by atomic mass is 10.1. The second kappa shape index (κ2) is 5.68. The van der Waals surface area contributed by atoms with Crippen molar-refractivity contribution in [2.75, 3.05) is 4.43 Å². The molecule has 0 saturated heterocycles. The van der Waals surface area contributed by atoms with Gasteiger partial charge < -0.3 is 4.52 Å². The summed E-state index contributed by atoms with van der Waals surface area (Å²) in [4.78, 5) is 0. The molecule has 0 bridgehead atoms. The number of benzene rings is 1. The Morgan fingerprint density at radius 2 is 2.00 bits per heavy atom. The SMILES string of the molecule is Clc1ccc(Cc2nocc2CCI)cc1. The van der Waals surface area contributed by atoms with Crippen LogP contribution in [0.5, 0.6) is 0 Å². The molecule has 0 amide bonds. The maximum Gasteiger partial charge on any atom is 0.127 e. The molecular formula is C12H11ClINO. The van der Waals surface area contributed by atoms with E-state index in [0.717, 1.165) is 28.0 Å². The van der Waals surface area contributed by atoms with E-state index in [2.05, 4.69) is 27.7 Å². The zero-order valence-electron chi connectivity index (χ0n) is 8.62. The van der Waals surface area contributed by atoms with E-state index in [1.54, 1.807) is 6.26 Å². The van der Waals surface area contributed by atoms with E-state index in [-0.39, 0.29) is 0 Å². The number of alkyl halides is 1. The number of hydrogen-bond acceptors (Lipinski definition) is 2. The lowest BCUT2D eigenvalue weighted by Crippen LogP contribution is -1.94. The normalized spacial score (nSPS) is 10.6. The van der Waals surface area contributed by atoms with Gasteiger partial charge in [0, 0.05) is 21.4 Å². The molecule has 1 aromatic carbocycles. The fourth-order valence-corrected chi connectivity index (χ4v) is 2.23. The van der Waals surface area contributed by atoms with Crippen molar-refractivity contribution >= 4 is 34.2 Å².